The monoisotopic (exact) mass is 470 g/mol. The van der Waals surface area contributed by atoms with E-state index in [1.54, 1.807) is 0 Å². The minimum absolute atomic E-state index is 0.0402. The normalized spacial score (nSPS) is 41.7. The van der Waals surface area contributed by atoms with Crippen molar-refractivity contribution in [2.45, 2.75) is 89.9 Å². The second-order valence-corrected chi connectivity index (χ2v) is 11.5. The molecule has 0 spiro atoms. The maximum absolute atomic E-state index is 12.1. The molecule has 2 unspecified atom stereocenters. The van der Waals surface area contributed by atoms with Gasteiger partial charge in [-0.3, -0.25) is 0 Å². The van der Waals surface area contributed by atoms with Gasteiger partial charge in [-0.2, -0.15) is 0 Å². The number of allylic oxidation sites excluding steroid dienone is 3. The van der Waals surface area contributed by atoms with E-state index in [-0.39, 0.29) is 30.0 Å². The van der Waals surface area contributed by atoms with Crippen LogP contribution in [0.2, 0.25) is 0 Å². The molecule has 8 atom stereocenters. The molecule has 0 aromatic heterocycles. The molecule has 4 rings (SSSR count). The van der Waals surface area contributed by atoms with Crippen molar-refractivity contribution in [2.24, 2.45) is 29.1 Å². The number of aliphatic hydroxyl groups is 3. The Morgan fingerprint density at radius 2 is 1.97 bits per heavy atom. The van der Waals surface area contributed by atoms with E-state index in [1.165, 1.54) is 31.3 Å². The van der Waals surface area contributed by atoms with Crippen LogP contribution in [0.4, 0.5) is 0 Å². The quantitative estimate of drug-likeness (QED) is 0.389. The van der Waals surface area contributed by atoms with Gasteiger partial charge in [-0.15, -0.1) is 0 Å². The van der Waals surface area contributed by atoms with Gasteiger partial charge in [-0.05, 0) is 85.7 Å². The summed E-state index contributed by atoms with van der Waals surface area (Å²) in [5.74, 6) is 1.13. The number of esters is 1. The van der Waals surface area contributed by atoms with Crippen LogP contribution in [-0.2, 0) is 9.53 Å². The standard InChI is InChI=1S/C29H42O5/c1-17(14-27-23(11-13-30)19(3)28(33)34-27)24-9-10-25-20(6-5-12-29(24,25)4)7-8-21-15-22(31)16-26(32)18(21)2/h7-8,17,22-27,30-32H,2-3,5-6,9-16H2,1,4H3/t17-,22-,23?,24-,25+,26+,27?,29-/m1/s1. The van der Waals surface area contributed by atoms with Crippen molar-refractivity contribution < 1.29 is 24.9 Å². The van der Waals surface area contributed by atoms with Gasteiger partial charge in [-0.1, -0.05) is 44.7 Å². The number of aliphatic hydroxyl groups excluding tert-OH is 3. The smallest absolute Gasteiger partial charge is 0.334 e. The number of carbonyl (C=O) groups is 1. The van der Waals surface area contributed by atoms with E-state index < -0.39 is 12.2 Å². The molecule has 188 valence electrons. The summed E-state index contributed by atoms with van der Waals surface area (Å²) in [6, 6.07) is 0. The van der Waals surface area contributed by atoms with Crippen molar-refractivity contribution in [1.82, 2.24) is 0 Å². The van der Waals surface area contributed by atoms with E-state index in [0.717, 1.165) is 24.0 Å². The van der Waals surface area contributed by atoms with Gasteiger partial charge in [0.15, 0.2) is 0 Å². The topological polar surface area (TPSA) is 87.0 Å². The Labute approximate surface area is 204 Å². The van der Waals surface area contributed by atoms with Crippen LogP contribution in [0.1, 0.15) is 71.6 Å². The predicted molar refractivity (Wildman–Crippen MR) is 133 cm³/mol. The Hall–Kier alpha value is -1.69. The molecule has 4 aliphatic rings. The largest absolute Gasteiger partial charge is 0.458 e. The lowest BCUT2D eigenvalue weighted by Crippen LogP contribution is -2.37. The molecule has 5 nitrogen and oxygen atoms in total. The third kappa shape index (κ3) is 4.72. The van der Waals surface area contributed by atoms with Crippen molar-refractivity contribution in [3.8, 4) is 0 Å². The van der Waals surface area contributed by atoms with Crippen LogP contribution in [0, 0.1) is 29.1 Å². The van der Waals surface area contributed by atoms with Crippen LogP contribution in [0.3, 0.4) is 0 Å². The van der Waals surface area contributed by atoms with E-state index in [9.17, 15) is 20.1 Å². The second-order valence-electron chi connectivity index (χ2n) is 11.5. The molecular weight excluding hydrogens is 428 g/mol. The molecule has 0 bridgehead atoms. The molecule has 4 fully saturated rings. The number of carbonyl (C=O) groups excluding carboxylic acids is 1. The Morgan fingerprint density at radius 3 is 2.71 bits per heavy atom. The fraction of sp³-hybridized carbons (Fsp3) is 0.690. The zero-order chi connectivity index (χ0) is 24.6. The fourth-order valence-electron chi connectivity index (χ4n) is 7.59. The van der Waals surface area contributed by atoms with E-state index >= 15 is 0 Å². The number of fused-ring (bicyclic) bond motifs is 1. The Balaban J connectivity index is 1.48. The van der Waals surface area contributed by atoms with Crippen LogP contribution >= 0.6 is 0 Å². The summed E-state index contributed by atoms with van der Waals surface area (Å²) in [7, 11) is 0. The molecule has 0 amide bonds. The van der Waals surface area contributed by atoms with Gasteiger partial charge in [0.1, 0.15) is 6.10 Å². The van der Waals surface area contributed by atoms with Gasteiger partial charge in [-0.25, -0.2) is 4.79 Å². The van der Waals surface area contributed by atoms with Crippen molar-refractivity contribution >= 4 is 5.97 Å². The molecule has 1 saturated heterocycles. The second kappa shape index (κ2) is 10.1. The minimum atomic E-state index is -0.655. The van der Waals surface area contributed by atoms with Crippen LogP contribution in [0.5, 0.6) is 0 Å². The molecule has 0 aromatic rings. The van der Waals surface area contributed by atoms with Crippen LogP contribution in [0.25, 0.3) is 0 Å². The van der Waals surface area contributed by atoms with Gasteiger partial charge < -0.3 is 20.1 Å². The molecule has 1 aliphatic heterocycles. The molecule has 1 heterocycles. The summed E-state index contributed by atoms with van der Waals surface area (Å²) in [6.45, 7) is 12.8. The molecule has 0 radical (unpaired) electrons. The summed E-state index contributed by atoms with van der Waals surface area (Å²) in [4.78, 5) is 12.1. The summed E-state index contributed by atoms with van der Waals surface area (Å²) < 4.78 is 5.67. The van der Waals surface area contributed by atoms with Gasteiger partial charge >= 0.3 is 5.97 Å². The summed E-state index contributed by atoms with van der Waals surface area (Å²) in [5, 5.41) is 29.7. The van der Waals surface area contributed by atoms with Crippen LogP contribution in [0.15, 0.2) is 47.6 Å². The highest BCUT2D eigenvalue weighted by molar-refractivity contribution is 5.90. The van der Waals surface area contributed by atoms with Crippen LogP contribution < -0.4 is 0 Å². The molecule has 3 N–H and O–H groups in total. The fourth-order valence-corrected chi connectivity index (χ4v) is 7.59. The number of hydrogen-bond donors (Lipinski definition) is 3. The molecule has 34 heavy (non-hydrogen) atoms. The average molecular weight is 471 g/mol. The molecule has 3 aliphatic carbocycles. The number of ether oxygens (including phenoxy) is 1. The Kier molecular flexibility index (Phi) is 7.56. The first-order valence-corrected chi connectivity index (χ1v) is 13.1. The predicted octanol–water partition coefficient (Wildman–Crippen LogP) is 4.63. The first-order chi connectivity index (χ1) is 16.2. The minimum Gasteiger partial charge on any atom is -0.458 e. The average Bonchev–Trinajstić information content (AvgIpc) is 3.27. The van der Waals surface area contributed by atoms with Crippen LogP contribution in [-0.4, -0.2) is 46.2 Å². The van der Waals surface area contributed by atoms with E-state index in [1.807, 2.05) is 0 Å². The molecular formula is C29H42O5. The lowest BCUT2D eigenvalue weighted by molar-refractivity contribution is -0.140. The third-order valence-electron chi connectivity index (χ3n) is 9.45. The first kappa shape index (κ1) is 25.4. The Morgan fingerprint density at radius 1 is 1.21 bits per heavy atom. The maximum Gasteiger partial charge on any atom is 0.334 e. The lowest BCUT2D eigenvalue weighted by Gasteiger charge is -2.44. The Bertz CT molecular complexity index is 885. The highest BCUT2D eigenvalue weighted by Gasteiger charge is 2.51. The maximum atomic E-state index is 12.1. The summed E-state index contributed by atoms with van der Waals surface area (Å²) in [6.07, 6.45) is 11.1. The highest BCUT2D eigenvalue weighted by Crippen LogP contribution is 2.60. The van der Waals surface area contributed by atoms with E-state index in [2.05, 4.69) is 39.2 Å². The number of hydrogen-bond acceptors (Lipinski definition) is 5. The lowest BCUT2D eigenvalue weighted by atomic mass is 9.60. The molecule has 5 heteroatoms. The third-order valence-corrected chi connectivity index (χ3v) is 9.45. The molecule has 3 saturated carbocycles. The summed E-state index contributed by atoms with van der Waals surface area (Å²) >= 11 is 0. The SMILES string of the molecule is C=C1C(=O)OC(C[C@@H](C)[C@H]2CC[C@H]3C(=CC=C4C[C@@H](O)C[C@H](O)C4=C)CCC[C@]23C)C1CCO. The zero-order valence-electron chi connectivity index (χ0n) is 20.8. The van der Waals surface area contributed by atoms with Gasteiger partial charge in [0, 0.05) is 24.5 Å². The first-order valence-electron chi connectivity index (χ1n) is 13.1. The number of cyclic esters (lactones) is 1. The molecule has 0 aromatic carbocycles. The van der Waals surface area contributed by atoms with E-state index in [0.29, 0.717) is 42.6 Å². The summed E-state index contributed by atoms with van der Waals surface area (Å²) in [5.41, 5.74) is 3.92. The van der Waals surface area contributed by atoms with Crippen molar-refractivity contribution in [3.63, 3.8) is 0 Å². The number of rotatable bonds is 6. The van der Waals surface area contributed by atoms with Gasteiger partial charge in [0.25, 0.3) is 0 Å². The highest BCUT2D eigenvalue weighted by atomic mass is 16.6. The van der Waals surface area contributed by atoms with Crippen molar-refractivity contribution in [1.29, 1.82) is 0 Å². The zero-order valence-corrected chi connectivity index (χ0v) is 20.8. The van der Waals surface area contributed by atoms with Gasteiger partial charge in [0.05, 0.1) is 12.2 Å². The van der Waals surface area contributed by atoms with E-state index in [4.69, 9.17) is 4.74 Å². The van der Waals surface area contributed by atoms with Crippen molar-refractivity contribution in [3.05, 3.63) is 47.6 Å². The van der Waals surface area contributed by atoms with Gasteiger partial charge in [0.2, 0.25) is 0 Å². The van der Waals surface area contributed by atoms with Crippen molar-refractivity contribution in [2.75, 3.05) is 6.61 Å².